The Morgan fingerprint density at radius 3 is 2.90 bits per heavy atom. The number of nitrogens with one attached hydrogen (secondary N) is 1. The van der Waals surface area contributed by atoms with Crippen molar-refractivity contribution in [2.24, 2.45) is 5.92 Å². The van der Waals surface area contributed by atoms with Gasteiger partial charge in [0.05, 0.1) is 0 Å². The Kier molecular flexibility index (Phi) is 5.05. The summed E-state index contributed by atoms with van der Waals surface area (Å²) >= 11 is 0. The van der Waals surface area contributed by atoms with Crippen LogP contribution >= 0.6 is 0 Å². The number of carbonyl (C=O) groups excluding carboxylic acids is 1. The molecule has 112 valence electrons. The number of tetrazole rings is 1. The van der Waals surface area contributed by atoms with Crippen LogP contribution in [0.4, 0.5) is 0 Å². The minimum absolute atomic E-state index is 0.202. The summed E-state index contributed by atoms with van der Waals surface area (Å²) < 4.78 is 0. The average Bonchev–Trinajstić information content (AvgIpc) is 2.88. The summed E-state index contributed by atoms with van der Waals surface area (Å²) in [4.78, 5) is 16.8. The molecule has 0 spiro atoms. The lowest BCUT2D eigenvalue weighted by Gasteiger charge is -2.41. The number of aromatic amines is 1. The number of carbonyl (C=O) groups is 1. The van der Waals surface area contributed by atoms with Crippen molar-refractivity contribution in [1.29, 1.82) is 0 Å². The smallest absolute Gasteiger partial charge is 0.223 e. The number of H-pyrrole nitrogens is 1. The number of nitrogens with zero attached hydrogens (tertiary/aromatic N) is 5. The maximum atomic E-state index is 12.4. The van der Waals surface area contributed by atoms with E-state index in [1.165, 1.54) is 0 Å². The van der Waals surface area contributed by atoms with Crippen molar-refractivity contribution in [3.05, 3.63) is 5.82 Å². The molecule has 1 aromatic rings. The summed E-state index contributed by atoms with van der Waals surface area (Å²) in [6, 6.07) is 0.325. The Bertz CT molecular complexity index is 417. The SMILES string of the molecule is CC(C)CC1CN(C)CCN1C(=O)CCc1nn[nH]n1. The number of amides is 1. The molecule has 7 nitrogen and oxygen atoms in total. The second-order valence-electron chi connectivity index (χ2n) is 5.96. The first-order chi connectivity index (χ1) is 9.56. The van der Waals surface area contributed by atoms with E-state index in [-0.39, 0.29) is 5.91 Å². The zero-order chi connectivity index (χ0) is 14.5. The number of hydrogen-bond acceptors (Lipinski definition) is 5. The van der Waals surface area contributed by atoms with Gasteiger partial charge in [-0.05, 0) is 19.4 Å². The highest BCUT2D eigenvalue weighted by atomic mass is 16.2. The fraction of sp³-hybridized carbons (Fsp3) is 0.846. The minimum Gasteiger partial charge on any atom is -0.337 e. The van der Waals surface area contributed by atoms with Gasteiger partial charge in [0.2, 0.25) is 5.91 Å². The van der Waals surface area contributed by atoms with Gasteiger partial charge in [-0.1, -0.05) is 19.1 Å². The van der Waals surface area contributed by atoms with Gasteiger partial charge >= 0.3 is 0 Å². The Hall–Kier alpha value is -1.50. The highest BCUT2D eigenvalue weighted by molar-refractivity contribution is 5.76. The maximum absolute atomic E-state index is 12.4. The molecule has 1 aliphatic rings. The van der Waals surface area contributed by atoms with Crippen LogP contribution in [0.1, 0.15) is 32.5 Å². The van der Waals surface area contributed by atoms with Crippen LogP contribution in [-0.4, -0.2) is 69.1 Å². The van der Waals surface area contributed by atoms with Gasteiger partial charge in [-0.2, -0.15) is 5.21 Å². The monoisotopic (exact) mass is 280 g/mol. The van der Waals surface area contributed by atoms with E-state index in [2.05, 4.69) is 46.4 Å². The van der Waals surface area contributed by atoms with Crippen LogP contribution in [0.25, 0.3) is 0 Å². The fourth-order valence-electron chi connectivity index (χ4n) is 2.74. The van der Waals surface area contributed by atoms with Gasteiger partial charge in [0, 0.05) is 38.5 Å². The van der Waals surface area contributed by atoms with E-state index < -0.39 is 0 Å². The third-order valence-corrected chi connectivity index (χ3v) is 3.70. The highest BCUT2D eigenvalue weighted by Crippen LogP contribution is 2.17. The van der Waals surface area contributed by atoms with E-state index in [1.807, 2.05) is 4.90 Å². The van der Waals surface area contributed by atoms with Gasteiger partial charge in [0.1, 0.15) is 0 Å². The summed E-state index contributed by atoms with van der Waals surface area (Å²) in [7, 11) is 2.12. The number of hydrogen-bond donors (Lipinski definition) is 1. The van der Waals surface area contributed by atoms with E-state index in [0.717, 1.165) is 26.1 Å². The van der Waals surface area contributed by atoms with E-state index in [9.17, 15) is 4.79 Å². The van der Waals surface area contributed by atoms with Crippen molar-refractivity contribution in [3.8, 4) is 0 Å². The van der Waals surface area contributed by atoms with Crippen molar-refractivity contribution in [2.75, 3.05) is 26.7 Å². The van der Waals surface area contributed by atoms with Gasteiger partial charge in [0.25, 0.3) is 0 Å². The molecule has 0 bridgehead atoms. The first-order valence-electron chi connectivity index (χ1n) is 7.26. The maximum Gasteiger partial charge on any atom is 0.223 e. The van der Waals surface area contributed by atoms with Crippen molar-refractivity contribution in [3.63, 3.8) is 0 Å². The molecule has 1 aromatic heterocycles. The van der Waals surface area contributed by atoms with E-state index >= 15 is 0 Å². The van der Waals surface area contributed by atoms with Crippen molar-refractivity contribution in [2.45, 2.75) is 39.2 Å². The third kappa shape index (κ3) is 4.00. The van der Waals surface area contributed by atoms with Crippen LogP contribution < -0.4 is 0 Å². The topological polar surface area (TPSA) is 78.0 Å². The molecule has 0 radical (unpaired) electrons. The fourth-order valence-corrected chi connectivity index (χ4v) is 2.74. The van der Waals surface area contributed by atoms with Crippen molar-refractivity contribution < 1.29 is 4.79 Å². The zero-order valence-electron chi connectivity index (χ0n) is 12.5. The zero-order valence-corrected chi connectivity index (χ0v) is 12.5. The largest absolute Gasteiger partial charge is 0.337 e. The first-order valence-corrected chi connectivity index (χ1v) is 7.26. The van der Waals surface area contributed by atoms with E-state index in [1.54, 1.807) is 0 Å². The predicted molar refractivity (Wildman–Crippen MR) is 75.0 cm³/mol. The van der Waals surface area contributed by atoms with Gasteiger partial charge < -0.3 is 9.80 Å². The lowest BCUT2D eigenvalue weighted by Crippen LogP contribution is -2.54. The molecule has 1 aliphatic heterocycles. The molecule has 0 aliphatic carbocycles. The van der Waals surface area contributed by atoms with E-state index in [4.69, 9.17) is 0 Å². The van der Waals surface area contributed by atoms with Gasteiger partial charge in [-0.25, -0.2) is 0 Å². The molecular formula is C13H24N6O. The summed E-state index contributed by atoms with van der Waals surface area (Å²) in [5, 5.41) is 13.7. The second-order valence-corrected chi connectivity index (χ2v) is 5.96. The van der Waals surface area contributed by atoms with E-state index in [0.29, 0.717) is 30.6 Å². The molecule has 1 saturated heterocycles. The molecule has 0 aromatic carbocycles. The lowest BCUT2D eigenvalue weighted by atomic mass is 9.99. The summed E-state index contributed by atoms with van der Waals surface area (Å²) in [5.74, 6) is 1.40. The first kappa shape index (κ1) is 14.9. The second kappa shape index (κ2) is 6.78. The van der Waals surface area contributed by atoms with Crippen LogP contribution in [0, 0.1) is 5.92 Å². The van der Waals surface area contributed by atoms with Crippen molar-refractivity contribution >= 4 is 5.91 Å². The molecule has 7 heteroatoms. The molecule has 1 N–H and O–H groups in total. The standard InChI is InChI=1S/C13H24N6O/c1-10(2)8-11-9-18(3)6-7-19(11)13(20)5-4-12-14-16-17-15-12/h10-11H,4-9H2,1-3H3,(H,14,15,16,17). The quantitative estimate of drug-likeness (QED) is 0.840. The van der Waals surface area contributed by atoms with Gasteiger partial charge in [0.15, 0.2) is 5.82 Å². The molecule has 20 heavy (non-hydrogen) atoms. The predicted octanol–water partition coefficient (Wildman–Crippen LogP) is 0.321. The van der Waals surface area contributed by atoms with Gasteiger partial charge in [-0.15, -0.1) is 10.2 Å². The number of aryl methyl sites for hydroxylation is 1. The average molecular weight is 280 g/mol. The van der Waals surface area contributed by atoms with Crippen LogP contribution in [0.2, 0.25) is 0 Å². The van der Waals surface area contributed by atoms with Crippen LogP contribution in [0.3, 0.4) is 0 Å². The molecule has 1 amide bonds. The molecule has 0 saturated carbocycles. The van der Waals surface area contributed by atoms with Gasteiger partial charge in [-0.3, -0.25) is 4.79 Å². The minimum atomic E-state index is 0.202. The van der Waals surface area contributed by atoms with Crippen LogP contribution in [0.15, 0.2) is 0 Å². The lowest BCUT2D eigenvalue weighted by molar-refractivity contribution is -0.136. The van der Waals surface area contributed by atoms with Crippen LogP contribution in [-0.2, 0) is 11.2 Å². The number of piperazine rings is 1. The summed E-state index contributed by atoms with van der Waals surface area (Å²) in [6.45, 7) is 7.14. The molecule has 1 atom stereocenters. The molecule has 1 unspecified atom stereocenters. The number of aromatic nitrogens is 4. The Morgan fingerprint density at radius 1 is 1.45 bits per heavy atom. The van der Waals surface area contributed by atoms with Crippen LogP contribution in [0.5, 0.6) is 0 Å². The highest BCUT2D eigenvalue weighted by Gasteiger charge is 2.29. The Morgan fingerprint density at radius 2 is 2.25 bits per heavy atom. The Labute approximate surface area is 119 Å². The summed E-state index contributed by atoms with van der Waals surface area (Å²) in [5.41, 5.74) is 0. The molecule has 2 heterocycles. The Balaban J connectivity index is 1.91. The number of rotatable bonds is 5. The molecular weight excluding hydrogens is 256 g/mol. The number of likely N-dealkylation sites (N-methyl/N-ethyl adjacent to an activating group) is 1. The summed E-state index contributed by atoms with van der Waals surface area (Å²) in [6.07, 6.45) is 2.06. The third-order valence-electron chi connectivity index (χ3n) is 3.70. The normalized spacial score (nSPS) is 20.6. The van der Waals surface area contributed by atoms with Crippen molar-refractivity contribution in [1.82, 2.24) is 30.4 Å². The molecule has 2 rings (SSSR count). The molecule has 1 fully saturated rings.